The fraction of sp³-hybridized carbons (Fsp3) is 0.462. The second kappa shape index (κ2) is 7.44. The Labute approximate surface area is 122 Å². The summed E-state index contributed by atoms with van der Waals surface area (Å²) in [4.78, 5) is 0. The van der Waals surface area contributed by atoms with Crippen LogP contribution in [-0.2, 0) is 17.7 Å². The Morgan fingerprint density at radius 1 is 1.60 bits per heavy atom. The zero-order chi connectivity index (χ0) is 14.4. The highest BCUT2D eigenvalue weighted by molar-refractivity contribution is 6.31. The molecule has 0 aliphatic rings. The van der Waals surface area contributed by atoms with E-state index in [9.17, 15) is 0 Å². The highest BCUT2D eigenvalue weighted by atomic mass is 35.5. The van der Waals surface area contributed by atoms with Gasteiger partial charge < -0.3 is 9.15 Å². The van der Waals surface area contributed by atoms with Crippen molar-refractivity contribution in [3.8, 4) is 0 Å². The highest BCUT2D eigenvalue weighted by Crippen LogP contribution is 2.26. The zero-order valence-corrected chi connectivity index (χ0v) is 12.1. The van der Waals surface area contributed by atoms with Gasteiger partial charge in [-0.05, 0) is 18.6 Å². The van der Waals surface area contributed by atoms with Gasteiger partial charge >= 0.3 is 0 Å². The van der Waals surface area contributed by atoms with Crippen LogP contribution in [0, 0.1) is 0 Å². The average Bonchev–Trinajstić information content (AvgIpc) is 3.08. The lowest BCUT2D eigenvalue weighted by Gasteiger charge is -2.18. The molecule has 2 aromatic heterocycles. The first-order valence-corrected chi connectivity index (χ1v) is 6.82. The van der Waals surface area contributed by atoms with Gasteiger partial charge in [0, 0.05) is 13.5 Å². The SMILES string of the molecule is COCCn1ncc(Cl)c1C(CCc1ccco1)NN. The van der Waals surface area contributed by atoms with Crippen molar-refractivity contribution < 1.29 is 9.15 Å². The van der Waals surface area contributed by atoms with E-state index in [0.29, 0.717) is 18.2 Å². The maximum absolute atomic E-state index is 6.21. The molecule has 20 heavy (non-hydrogen) atoms. The van der Waals surface area contributed by atoms with Crippen LogP contribution in [0.4, 0.5) is 0 Å². The zero-order valence-electron chi connectivity index (χ0n) is 11.4. The Morgan fingerprint density at radius 3 is 3.10 bits per heavy atom. The summed E-state index contributed by atoms with van der Waals surface area (Å²) >= 11 is 6.21. The summed E-state index contributed by atoms with van der Waals surface area (Å²) in [7, 11) is 1.65. The van der Waals surface area contributed by atoms with Gasteiger partial charge in [0.25, 0.3) is 0 Å². The number of furan rings is 1. The van der Waals surface area contributed by atoms with E-state index in [4.69, 9.17) is 26.6 Å². The van der Waals surface area contributed by atoms with Gasteiger partial charge in [0.2, 0.25) is 0 Å². The molecule has 0 saturated heterocycles. The minimum absolute atomic E-state index is 0.0908. The van der Waals surface area contributed by atoms with E-state index in [2.05, 4.69) is 10.5 Å². The Morgan fingerprint density at radius 2 is 2.45 bits per heavy atom. The van der Waals surface area contributed by atoms with Gasteiger partial charge in [-0.25, -0.2) is 0 Å². The molecule has 0 aliphatic carbocycles. The van der Waals surface area contributed by atoms with Crippen molar-refractivity contribution in [3.05, 3.63) is 41.1 Å². The number of aromatic nitrogens is 2. The number of ether oxygens (including phenoxy) is 1. The van der Waals surface area contributed by atoms with E-state index in [1.807, 2.05) is 16.8 Å². The van der Waals surface area contributed by atoms with Gasteiger partial charge in [-0.1, -0.05) is 11.6 Å². The molecule has 0 saturated carbocycles. The number of halogens is 1. The molecule has 6 nitrogen and oxygen atoms in total. The van der Waals surface area contributed by atoms with Gasteiger partial charge in [0.1, 0.15) is 5.76 Å². The normalized spacial score (nSPS) is 12.8. The van der Waals surface area contributed by atoms with Crippen LogP contribution in [0.15, 0.2) is 29.0 Å². The van der Waals surface area contributed by atoms with Crippen molar-refractivity contribution in [1.82, 2.24) is 15.2 Å². The van der Waals surface area contributed by atoms with Crippen LogP contribution in [0.2, 0.25) is 5.02 Å². The molecule has 1 atom stereocenters. The third kappa shape index (κ3) is 3.61. The average molecular weight is 299 g/mol. The Kier molecular flexibility index (Phi) is 5.60. The van der Waals surface area contributed by atoms with Crippen molar-refractivity contribution >= 4 is 11.6 Å². The lowest BCUT2D eigenvalue weighted by molar-refractivity contribution is 0.181. The molecule has 1 unspecified atom stereocenters. The van der Waals surface area contributed by atoms with Crippen molar-refractivity contribution in [2.24, 2.45) is 5.84 Å². The van der Waals surface area contributed by atoms with Crippen LogP contribution < -0.4 is 11.3 Å². The fourth-order valence-corrected chi connectivity index (χ4v) is 2.39. The first-order valence-electron chi connectivity index (χ1n) is 6.45. The molecule has 0 fully saturated rings. The summed E-state index contributed by atoms with van der Waals surface area (Å²) in [5, 5.41) is 4.85. The lowest BCUT2D eigenvalue weighted by atomic mass is 10.1. The molecular formula is C13H19ClN4O2. The fourth-order valence-electron chi connectivity index (χ4n) is 2.11. The topological polar surface area (TPSA) is 78.2 Å². The van der Waals surface area contributed by atoms with E-state index >= 15 is 0 Å². The second-order valence-electron chi connectivity index (χ2n) is 4.43. The van der Waals surface area contributed by atoms with Crippen molar-refractivity contribution in [1.29, 1.82) is 0 Å². The third-order valence-corrected chi connectivity index (χ3v) is 3.42. The van der Waals surface area contributed by atoms with Crippen LogP contribution in [-0.4, -0.2) is 23.5 Å². The molecule has 0 aromatic carbocycles. The monoisotopic (exact) mass is 298 g/mol. The summed E-state index contributed by atoms with van der Waals surface area (Å²) < 4.78 is 12.2. The molecule has 7 heteroatoms. The number of hydrazine groups is 1. The summed E-state index contributed by atoms with van der Waals surface area (Å²) in [6.07, 6.45) is 4.83. The minimum atomic E-state index is -0.0908. The third-order valence-electron chi connectivity index (χ3n) is 3.13. The van der Waals surface area contributed by atoms with Crippen LogP contribution >= 0.6 is 11.6 Å². The maximum atomic E-state index is 6.21. The largest absolute Gasteiger partial charge is 0.469 e. The van der Waals surface area contributed by atoms with Crippen LogP contribution in [0.5, 0.6) is 0 Å². The molecule has 0 spiro atoms. The Bertz CT molecular complexity index is 512. The van der Waals surface area contributed by atoms with E-state index in [1.165, 1.54) is 0 Å². The van der Waals surface area contributed by atoms with Gasteiger partial charge in [0.15, 0.2) is 0 Å². The number of nitrogens with two attached hydrogens (primary N) is 1. The van der Waals surface area contributed by atoms with Crippen molar-refractivity contribution in [3.63, 3.8) is 0 Å². The van der Waals surface area contributed by atoms with Crippen molar-refractivity contribution in [2.45, 2.75) is 25.4 Å². The quantitative estimate of drug-likeness (QED) is 0.575. The van der Waals surface area contributed by atoms with E-state index in [1.54, 1.807) is 19.6 Å². The Hall–Kier alpha value is -1.34. The molecular weight excluding hydrogens is 280 g/mol. The van der Waals surface area contributed by atoms with Crippen LogP contribution in [0.1, 0.15) is 23.9 Å². The number of hydrogen-bond donors (Lipinski definition) is 2. The molecule has 2 heterocycles. The molecule has 2 rings (SSSR count). The number of aryl methyl sites for hydroxylation is 1. The van der Waals surface area contributed by atoms with Gasteiger partial charge in [0.05, 0.1) is 42.4 Å². The first-order chi connectivity index (χ1) is 9.76. The molecule has 0 aliphatic heterocycles. The van der Waals surface area contributed by atoms with Gasteiger partial charge in [-0.2, -0.15) is 5.10 Å². The lowest BCUT2D eigenvalue weighted by Crippen LogP contribution is -2.31. The molecule has 0 bridgehead atoms. The van der Waals surface area contributed by atoms with Gasteiger partial charge in [-0.15, -0.1) is 0 Å². The van der Waals surface area contributed by atoms with E-state index < -0.39 is 0 Å². The summed E-state index contributed by atoms with van der Waals surface area (Å²) in [5.41, 5.74) is 3.67. The molecule has 3 N–H and O–H groups in total. The van der Waals surface area contributed by atoms with Crippen molar-refractivity contribution in [2.75, 3.05) is 13.7 Å². The summed E-state index contributed by atoms with van der Waals surface area (Å²) in [6, 6.07) is 3.72. The van der Waals surface area contributed by atoms with Gasteiger partial charge in [-0.3, -0.25) is 16.0 Å². The Balaban J connectivity index is 2.07. The minimum Gasteiger partial charge on any atom is -0.469 e. The second-order valence-corrected chi connectivity index (χ2v) is 4.84. The predicted octanol–water partition coefficient (Wildman–Crippen LogP) is 1.91. The smallest absolute Gasteiger partial charge is 0.103 e. The standard InChI is InChI=1S/C13H19ClN4O2/c1-19-8-6-18-13(11(14)9-16-18)12(17-15)5-4-10-3-2-7-20-10/h2-3,7,9,12,17H,4-6,8,15H2,1H3. The van der Waals surface area contributed by atoms with Crippen LogP contribution in [0.3, 0.4) is 0 Å². The number of nitrogens with one attached hydrogen (secondary N) is 1. The summed E-state index contributed by atoms with van der Waals surface area (Å²) in [5.74, 6) is 6.58. The first kappa shape index (κ1) is 15.1. The number of methoxy groups -OCH3 is 1. The van der Waals surface area contributed by atoms with E-state index in [0.717, 1.165) is 24.3 Å². The molecule has 0 radical (unpaired) electrons. The number of rotatable bonds is 8. The highest BCUT2D eigenvalue weighted by Gasteiger charge is 2.19. The maximum Gasteiger partial charge on any atom is 0.103 e. The molecule has 2 aromatic rings. The van der Waals surface area contributed by atoms with Crippen LogP contribution in [0.25, 0.3) is 0 Å². The number of nitrogens with zero attached hydrogens (tertiary/aromatic N) is 2. The number of hydrogen-bond acceptors (Lipinski definition) is 5. The predicted molar refractivity (Wildman–Crippen MR) is 76.2 cm³/mol. The molecule has 110 valence electrons. The summed E-state index contributed by atoms with van der Waals surface area (Å²) in [6.45, 7) is 1.21. The van der Waals surface area contributed by atoms with E-state index in [-0.39, 0.29) is 6.04 Å². The molecule has 0 amide bonds.